The van der Waals surface area contributed by atoms with Crippen molar-refractivity contribution in [2.24, 2.45) is 5.92 Å². The first-order chi connectivity index (χ1) is 8.04. The molecule has 2 atom stereocenters. The Hall–Kier alpha value is -1.42. The molecule has 17 heavy (non-hydrogen) atoms. The molecule has 2 N–H and O–H groups in total. The number of aliphatic carboxylic acids is 1. The van der Waals surface area contributed by atoms with E-state index in [2.05, 4.69) is 0 Å². The third kappa shape index (κ3) is 4.15. The van der Waals surface area contributed by atoms with Gasteiger partial charge in [-0.2, -0.15) is 0 Å². The standard InChI is InChI=1S/C13H17FO3/c1-2-11(15)8-10(13(16)17)7-9-5-3-4-6-12(9)14/h3-6,10-11,15H,2,7-8H2,1H3,(H,16,17). The summed E-state index contributed by atoms with van der Waals surface area (Å²) in [6.45, 7) is 1.78. The van der Waals surface area contributed by atoms with Gasteiger partial charge in [-0.3, -0.25) is 4.79 Å². The predicted octanol–water partition coefficient (Wildman–Crippen LogP) is 2.23. The summed E-state index contributed by atoms with van der Waals surface area (Å²) in [7, 11) is 0. The highest BCUT2D eigenvalue weighted by Crippen LogP contribution is 2.18. The van der Waals surface area contributed by atoms with E-state index in [1.54, 1.807) is 25.1 Å². The highest BCUT2D eigenvalue weighted by atomic mass is 19.1. The molecule has 0 aliphatic rings. The van der Waals surface area contributed by atoms with E-state index >= 15 is 0 Å². The van der Waals surface area contributed by atoms with Gasteiger partial charge >= 0.3 is 5.97 Å². The van der Waals surface area contributed by atoms with Crippen molar-refractivity contribution in [3.05, 3.63) is 35.6 Å². The van der Waals surface area contributed by atoms with Crippen molar-refractivity contribution in [3.63, 3.8) is 0 Å². The maximum Gasteiger partial charge on any atom is 0.306 e. The Morgan fingerprint density at radius 3 is 2.59 bits per heavy atom. The van der Waals surface area contributed by atoms with Crippen molar-refractivity contribution in [3.8, 4) is 0 Å². The Kier molecular flexibility index (Phi) is 5.10. The van der Waals surface area contributed by atoms with Gasteiger partial charge in [-0.05, 0) is 30.9 Å². The molecule has 1 aromatic rings. The van der Waals surface area contributed by atoms with E-state index in [4.69, 9.17) is 5.11 Å². The van der Waals surface area contributed by atoms with Gasteiger partial charge < -0.3 is 10.2 Å². The summed E-state index contributed by atoms with van der Waals surface area (Å²) in [5, 5.41) is 18.5. The second kappa shape index (κ2) is 6.35. The number of rotatable bonds is 6. The van der Waals surface area contributed by atoms with E-state index in [9.17, 15) is 14.3 Å². The lowest BCUT2D eigenvalue weighted by atomic mass is 9.93. The summed E-state index contributed by atoms with van der Waals surface area (Å²) in [5.41, 5.74) is 0.378. The van der Waals surface area contributed by atoms with Crippen LogP contribution in [-0.4, -0.2) is 22.3 Å². The SMILES string of the molecule is CCC(O)CC(Cc1ccccc1F)C(=O)O. The van der Waals surface area contributed by atoms with E-state index in [1.807, 2.05) is 0 Å². The number of benzene rings is 1. The molecular weight excluding hydrogens is 223 g/mol. The molecule has 1 rings (SSSR count). The van der Waals surface area contributed by atoms with Crippen LogP contribution in [0.4, 0.5) is 4.39 Å². The minimum Gasteiger partial charge on any atom is -0.481 e. The zero-order valence-electron chi connectivity index (χ0n) is 9.77. The van der Waals surface area contributed by atoms with Gasteiger partial charge in [-0.25, -0.2) is 4.39 Å². The van der Waals surface area contributed by atoms with Crippen LogP contribution in [0.15, 0.2) is 24.3 Å². The van der Waals surface area contributed by atoms with Crippen LogP contribution in [-0.2, 0) is 11.2 Å². The highest BCUT2D eigenvalue weighted by Gasteiger charge is 2.22. The molecule has 0 spiro atoms. The summed E-state index contributed by atoms with van der Waals surface area (Å²) in [5.74, 6) is -2.15. The molecule has 0 heterocycles. The molecule has 4 heteroatoms. The number of hydrogen-bond acceptors (Lipinski definition) is 2. The smallest absolute Gasteiger partial charge is 0.306 e. The van der Waals surface area contributed by atoms with Crippen LogP contribution in [0.25, 0.3) is 0 Å². The quantitative estimate of drug-likeness (QED) is 0.801. The molecule has 2 unspecified atom stereocenters. The average Bonchev–Trinajstić information content (AvgIpc) is 2.30. The highest BCUT2D eigenvalue weighted by molar-refractivity contribution is 5.70. The molecule has 0 bridgehead atoms. The lowest BCUT2D eigenvalue weighted by Crippen LogP contribution is -2.22. The fraction of sp³-hybridized carbons (Fsp3) is 0.462. The second-order valence-corrected chi connectivity index (χ2v) is 4.13. The Balaban J connectivity index is 2.74. The molecule has 0 saturated carbocycles. The maximum absolute atomic E-state index is 13.4. The number of aliphatic hydroxyl groups is 1. The van der Waals surface area contributed by atoms with Gasteiger partial charge in [0.2, 0.25) is 0 Å². The number of halogens is 1. The van der Waals surface area contributed by atoms with Crippen LogP contribution in [0.2, 0.25) is 0 Å². The van der Waals surface area contributed by atoms with Crippen molar-refractivity contribution in [1.82, 2.24) is 0 Å². The van der Waals surface area contributed by atoms with Gasteiger partial charge in [-0.1, -0.05) is 25.1 Å². The van der Waals surface area contributed by atoms with Crippen molar-refractivity contribution in [2.45, 2.75) is 32.3 Å². The molecule has 0 fully saturated rings. The summed E-state index contributed by atoms with van der Waals surface area (Å²) < 4.78 is 13.4. The molecule has 3 nitrogen and oxygen atoms in total. The normalized spacial score (nSPS) is 14.3. The molecule has 0 amide bonds. The summed E-state index contributed by atoms with van der Waals surface area (Å²) >= 11 is 0. The molecule has 0 aliphatic carbocycles. The molecule has 94 valence electrons. The molecule has 0 aromatic heterocycles. The fourth-order valence-electron chi connectivity index (χ4n) is 1.70. The summed E-state index contributed by atoms with van der Waals surface area (Å²) in [4.78, 5) is 11.0. The van der Waals surface area contributed by atoms with E-state index in [1.165, 1.54) is 6.07 Å². The van der Waals surface area contributed by atoms with Crippen LogP contribution in [0, 0.1) is 11.7 Å². The molecule has 0 saturated heterocycles. The number of aliphatic hydroxyl groups excluding tert-OH is 1. The zero-order chi connectivity index (χ0) is 12.8. The minimum atomic E-state index is -0.999. The maximum atomic E-state index is 13.4. The summed E-state index contributed by atoms with van der Waals surface area (Å²) in [6.07, 6.45) is 0.114. The lowest BCUT2D eigenvalue weighted by Gasteiger charge is -2.16. The van der Waals surface area contributed by atoms with Crippen molar-refractivity contribution >= 4 is 5.97 Å². The Bertz CT molecular complexity index is 379. The van der Waals surface area contributed by atoms with Crippen molar-refractivity contribution in [2.75, 3.05) is 0 Å². The Labute approximate surface area is 99.9 Å². The third-order valence-corrected chi connectivity index (χ3v) is 2.80. The second-order valence-electron chi connectivity index (χ2n) is 4.13. The number of carboxylic acid groups (broad SMARTS) is 1. The van der Waals surface area contributed by atoms with Crippen LogP contribution >= 0.6 is 0 Å². The van der Waals surface area contributed by atoms with E-state index in [0.717, 1.165) is 0 Å². The Morgan fingerprint density at radius 1 is 1.41 bits per heavy atom. The molecule has 1 aromatic carbocycles. The first-order valence-corrected chi connectivity index (χ1v) is 5.68. The molecular formula is C13H17FO3. The number of carbonyl (C=O) groups is 1. The first-order valence-electron chi connectivity index (χ1n) is 5.68. The van der Waals surface area contributed by atoms with Gasteiger partial charge in [0.15, 0.2) is 0 Å². The van der Waals surface area contributed by atoms with Crippen molar-refractivity contribution < 1.29 is 19.4 Å². The van der Waals surface area contributed by atoms with E-state index in [-0.39, 0.29) is 12.8 Å². The van der Waals surface area contributed by atoms with Crippen molar-refractivity contribution in [1.29, 1.82) is 0 Å². The van der Waals surface area contributed by atoms with E-state index < -0.39 is 23.8 Å². The largest absolute Gasteiger partial charge is 0.481 e. The fourth-order valence-corrected chi connectivity index (χ4v) is 1.70. The number of carboxylic acids is 1. The van der Waals surface area contributed by atoms with Gasteiger partial charge in [0, 0.05) is 0 Å². The van der Waals surface area contributed by atoms with Gasteiger partial charge in [0.1, 0.15) is 5.82 Å². The van der Waals surface area contributed by atoms with Crippen LogP contribution in [0.5, 0.6) is 0 Å². The Morgan fingerprint density at radius 2 is 2.06 bits per heavy atom. The first kappa shape index (κ1) is 13.6. The minimum absolute atomic E-state index is 0.110. The molecule has 0 radical (unpaired) electrons. The molecule has 0 aliphatic heterocycles. The van der Waals surface area contributed by atoms with Gasteiger partial charge in [0.05, 0.1) is 12.0 Å². The van der Waals surface area contributed by atoms with Crippen LogP contribution < -0.4 is 0 Å². The lowest BCUT2D eigenvalue weighted by molar-refractivity contribution is -0.142. The zero-order valence-corrected chi connectivity index (χ0v) is 9.77. The predicted molar refractivity (Wildman–Crippen MR) is 62.1 cm³/mol. The number of hydrogen-bond donors (Lipinski definition) is 2. The van der Waals surface area contributed by atoms with E-state index in [0.29, 0.717) is 12.0 Å². The summed E-state index contributed by atoms with van der Waals surface area (Å²) in [6, 6.07) is 6.12. The average molecular weight is 240 g/mol. The van der Waals surface area contributed by atoms with Crippen LogP contribution in [0.1, 0.15) is 25.3 Å². The monoisotopic (exact) mass is 240 g/mol. The van der Waals surface area contributed by atoms with Gasteiger partial charge in [0.25, 0.3) is 0 Å². The topological polar surface area (TPSA) is 57.5 Å². The third-order valence-electron chi connectivity index (χ3n) is 2.80. The van der Waals surface area contributed by atoms with Crippen LogP contribution in [0.3, 0.4) is 0 Å². The van der Waals surface area contributed by atoms with Gasteiger partial charge in [-0.15, -0.1) is 0 Å².